The lowest BCUT2D eigenvalue weighted by Gasteiger charge is -2.08. The van der Waals surface area contributed by atoms with Gasteiger partial charge in [-0.25, -0.2) is 0 Å². The van der Waals surface area contributed by atoms with Crippen molar-refractivity contribution in [2.75, 3.05) is 0 Å². The highest BCUT2D eigenvalue weighted by atomic mass is 35.5. The highest BCUT2D eigenvalue weighted by molar-refractivity contribution is 6.16. The van der Waals surface area contributed by atoms with Crippen molar-refractivity contribution in [1.29, 1.82) is 0 Å². The van der Waals surface area contributed by atoms with Crippen LogP contribution in [-0.2, 0) is 12.3 Å². The second-order valence-corrected chi connectivity index (χ2v) is 3.64. The van der Waals surface area contributed by atoms with E-state index in [0.717, 1.165) is 17.9 Å². The number of hydrogen-bond acceptors (Lipinski definition) is 3. The molecule has 0 fully saturated rings. The van der Waals surface area contributed by atoms with Crippen LogP contribution in [0.15, 0.2) is 24.3 Å². The molecular formula is C11H12ClN3O. The molecule has 4 nitrogen and oxygen atoms in total. The van der Waals surface area contributed by atoms with Crippen molar-refractivity contribution < 1.29 is 5.11 Å². The first kappa shape index (κ1) is 11.0. The SMILES string of the molecule is CCc1nnc(CCl)n1-c1cccc(O)c1. The van der Waals surface area contributed by atoms with Gasteiger partial charge in [0.05, 0.1) is 11.6 Å². The number of benzene rings is 1. The zero-order chi connectivity index (χ0) is 11.5. The summed E-state index contributed by atoms with van der Waals surface area (Å²) in [6.07, 6.45) is 0.763. The van der Waals surface area contributed by atoms with E-state index in [1.54, 1.807) is 18.2 Å². The van der Waals surface area contributed by atoms with Crippen LogP contribution in [0.1, 0.15) is 18.6 Å². The first-order valence-corrected chi connectivity index (χ1v) is 5.58. The third-order valence-electron chi connectivity index (χ3n) is 2.32. The molecule has 84 valence electrons. The quantitative estimate of drug-likeness (QED) is 0.834. The fourth-order valence-electron chi connectivity index (χ4n) is 1.60. The van der Waals surface area contributed by atoms with E-state index in [1.165, 1.54) is 0 Å². The van der Waals surface area contributed by atoms with Gasteiger partial charge >= 0.3 is 0 Å². The van der Waals surface area contributed by atoms with Crippen molar-refractivity contribution in [3.63, 3.8) is 0 Å². The van der Waals surface area contributed by atoms with Gasteiger partial charge in [-0.05, 0) is 12.1 Å². The smallest absolute Gasteiger partial charge is 0.152 e. The van der Waals surface area contributed by atoms with E-state index in [2.05, 4.69) is 10.2 Å². The lowest BCUT2D eigenvalue weighted by Crippen LogP contribution is -2.03. The summed E-state index contributed by atoms with van der Waals surface area (Å²) in [5.41, 5.74) is 0.831. The van der Waals surface area contributed by atoms with E-state index in [9.17, 15) is 5.11 Å². The number of aromatic hydroxyl groups is 1. The Morgan fingerprint density at radius 1 is 1.31 bits per heavy atom. The van der Waals surface area contributed by atoms with Gasteiger partial charge in [0.2, 0.25) is 0 Å². The van der Waals surface area contributed by atoms with Crippen LogP contribution in [-0.4, -0.2) is 19.9 Å². The molecule has 0 aliphatic heterocycles. The summed E-state index contributed by atoms with van der Waals surface area (Å²) in [7, 11) is 0. The summed E-state index contributed by atoms with van der Waals surface area (Å²) < 4.78 is 1.87. The minimum Gasteiger partial charge on any atom is -0.508 e. The van der Waals surface area contributed by atoms with Crippen LogP contribution in [0.3, 0.4) is 0 Å². The van der Waals surface area contributed by atoms with E-state index in [0.29, 0.717) is 11.7 Å². The van der Waals surface area contributed by atoms with Crippen LogP contribution in [0.5, 0.6) is 5.75 Å². The van der Waals surface area contributed by atoms with Crippen molar-refractivity contribution in [2.45, 2.75) is 19.2 Å². The predicted octanol–water partition coefficient (Wildman–Crippen LogP) is 2.27. The van der Waals surface area contributed by atoms with Crippen LogP contribution in [0, 0.1) is 0 Å². The topological polar surface area (TPSA) is 50.9 Å². The first-order valence-electron chi connectivity index (χ1n) is 5.04. The molecule has 0 unspecified atom stereocenters. The molecule has 5 heteroatoms. The lowest BCUT2D eigenvalue weighted by molar-refractivity contribution is 0.475. The van der Waals surface area contributed by atoms with Gasteiger partial charge in [0.1, 0.15) is 11.6 Å². The molecule has 1 aromatic heterocycles. The van der Waals surface area contributed by atoms with Crippen molar-refractivity contribution in [3.05, 3.63) is 35.9 Å². The van der Waals surface area contributed by atoms with E-state index in [4.69, 9.17) is 11.6 Å². The van der Waals surface area contributed by atoms with Gasteiger partial charge in [-0.3, -0.25) is 4.57 Å². The fraction of sp³-hybridized carbons (Fsp3) is 0.273. The summed E-state index contributed by atoms with van der Waals surface area (Å²) in [6.45, 7) is 2.00. The van der Waals surface area contributed by atoms with Gasteiger partial charge in [0.25, 0.3) is 0 Å². The monoisotopic (exact) mass is 237 g/mol. The Kier molecular flexibility index (Phi) is 3.10. The maximum Gasteiger partial charge on any atom is 0.152 e. The molecule has 0 radical (unpaired) electrons. The molecule has 1 heterocycles. The van der Waals surface area contributed by atoms with Crippen LogP contribution in [0.25, 0.3) is 5.69 Å². The number of phenols is 1. The molecule has 0 saturated carbocycles. The van der Waals surface area contributed by atoms with E-state index >= 15 is 0 Å². The van der Waals surface area contributed by atoms with Crippen LogP contribution < -0.4 is 0 Å². The summed E-state index contributed by atoms with van der Waals surface area (Å²) >= 11 is 5.81. The summed E-state index contributed by atoms with van der Waals surface area (Å²) in [4.78, 5) is 0. The number of hydrogen-bond donors (Lipinski definition) is 1. The Morgan fingerprint density at radius 3 is 2.69 bits per heavy atom. The Hall–Kier alpha value is -1.55. The molecule has 0 bridgehead atoms. The standard InChI is InChI=1S/C11H12ClN3O/c1-2-10-13-14-11(7-12)15(10)8-4-3-5-9(16)6-8/h3-6,16H,2,7H2,1H3. The van der Waals surface area contributed by atoms with Gasteiger partial charge in [-0.15, -0.1) is 21.8 Å². The Balaban J connectivity index is 2.57. The maximum atomic E-state index is 9.45. The van der Waals surface area contributed by atoms with Crippen LogP contribution >= 0.6 is 11.6 Å². The van der Waals surface area contributed by atoms with Gasteiger partial charge in [0.15, 0.2) is 5.82 Å². The average molecular weight is 238 g/mol. The minimum atomic E-state index is 0.216. The zero-order valence-corrected chi connectivity index (χ0v) is 9.65. The molecule has 0 amide bonds. The molecule has 2 rings (SSSR count). The predicted molar refractivity (Wildman–Crippen MR) is 62.0 cm³/mol. The number of nitrogens with zero attached hydrogens (tertiary/aromatic N) is 3. The van der Waals surface area contributed by atoms with E-state index in [1.807, 2.05) is 17.6 Å². The number of alkyl halides is 1. The van der Waals surface area contributed by atoms with Crippen molar-refractivity contribution in [3.8, 4) is 11.4 Å². The second-order valence-electron chi connectivity index (χ2n) is 3.37. The normalized spacial score (nSPS) is 10.6. The van der Waals surface area contributed by atoms with Crippen LogP contribution in [0.2, 0.25) is 0 Å². The molecule has 0 atom stereocenters. The molecule has 0 aliphatic carbocycles. The van der Waals surface area contributed by atoms with E-state index in [-0.39, 0.29) is 5.75 Å². The summed E-state index contributed by atoms with van der Waals surface area (Å²) in [5.74, 6) is 2.03. The Labute approximate surface area is 98.5 Å². The lowest BCUT2D eigenvalue weighted by atomic mass is 10.3. The maximum absolute atomic E-state index is 9.45. The summed E-state index contributed by atoms with van der Waals surface area (Å²) in [5, 5.41) is 17.5. The number of aromatic nitrogens is 3. The molecule has 0 saturated heterocycles. The van der Waals surface area contributed by atoms with Crippen molar-refractivity contribution in [1.82, 2.24) is 14.8 Å². The molecular weight excluding hydrogens is 226 g/mol. The van der Waals surface area contributed by atoms with Gasteiger partial charge < -0.3 is 5.11 Å². The van der Waals surface area contributed by atoms with Gasteiger partial charge in [-0.1, -0.05) is 13.0 Å². The summed E-state index contributed by atoms with van der Waals surface area (Å²) in [6, 6.07) is 6.96. The Bertz CT molecular complexity index is 474. The van der Waals surface area contributed by atoms with Gasteiger partial charge in [-0.2, -0.15) is 0 Å². The third kappa shape index (κ3) is 1.88. The first-order chi connectivity index (χ1) is 7.76. The largest absolute Gasteiger partial charge is 0.508 e. The molecule has 0 spiro atoms. The fourth-order valence-corrected chi connectivity index (χ4v) is 1.77. The Morgan fingerprint density at radius 2 is 2.06 bits per heavy atom. The highest BCUT2D eigenvalue weighted by Crippen LogP contribution is 2.19. The molecule has 1 aromatic carbocycles. The van der Waals surface area contributed by atoms with Crippen molar-refractivity contribution in [2.24, 2.45) is 0 Å². The zero-order valence-electron chi connectivity index (χ0n) is 8.89. The third-order valence-corrected chi connectivity index (χ3v) is 2.56. The molecule has 16 heavy (non-hydrogen) atoms. The number of phenolic OH excluding ortho intramolecular Hbond substituents is 1. The van der Waals surface area contributed by atoms with Crippen molar-refractivity contribution >= 4 is 11.6 Å². The molecule has 0 aliphatic rings. The second kappa shape index (κ2) is 4.53. The van der Waals surface area contributed by atoms with Gasteiger partial charge in [0, 0.05) is 12.5 Å². The average Bonchev–Trinajstić information content (AvgIpc) is 2.71. The minimum absolute atomic E-state index is 0.216. The number of halogens is 1. The molecule has 2 aromatic rings. The number of rotatable bonds is 3. The molecule has 1 N–H and O–H groups in total. The van der Waals surface area contributed by atoms with E-state index < -0.39 is 0 Å². The van der Waals surface area contributed by atoms with Crippen LogP contribution in [0.4, 0.5) is 0 Å². The highest BCUT2D eigenvalue weighted by Gasteiger charge is 2.11. The number of aryl methyl sites for hydroxylation is 1.